The Balaban J connectivity index is 0.00000112. The number of aromatic nitrogens is 1. The van der Waals surface area contributed by atoms with Crippen LogP contribution >= 0.6 is 45.3 Å². The van der Waals surface area contributed by atoms with Crippen LogP contribution in [-0.4, -0.2) is 11.5 Å². The standard InChI is InChI=1S/C11H12N2S.2BrH/c12-7-6-10-8-14-11(13-10)9-4-2-1-3-5-9;;/h1-5,8H,6-7,12H2;2*1H. The summed E-state index contributed by atoms with van der Waals surface area (Å²) in [5.74, 6) is 0. The molecule has 0 saturated heterocycles. The predicted molar refractivity (Wildman–Crippen MR) is 81.0 cm³/mol. The van der Waals surface area contributed by atoms with Gasteiger partial charge < -0.3 is 5.73 Å². The van der Waals surface area contributed by atoms with Crippen LogP contribution in [0.25, 0.3) is 10.6 Å². The molecule has 0 aliphatic heterocycles. The number of hydrogen-bond acceptors (Lipinski definition) is 3. The average molecular weight is 366 g/mol. The van der Waals surface area contributed by atoms with Gasteiger partial charge in [-0.2, -0.15) is 0 Å². The fourth-order valence-electron chi connectivity index (χ4n) is 1.28. The monoisotopic (exact) mass is 364 g/mol. The molecule has 2 aromatic rings. The van der Waals surface area contributed by atoms with Crippen LogP contribution in [0.15, 0.2) is 35.7 Å². The van der Waals surface area contributed by atoms with Crippen molar-refractivity contribution in [3.8, 4) is 10.6 Å². The van der Waals surface area contributed by atoms with Gasteiger partial charge in [-0.3, -0.25) is 0 Å². The number of halogens is 2. The van der Waals surface area contributed by atoms with Crippen molar-refractivity contribution in [2.24, 2.45) is 5.73 Å². The van der Waals surface area contributed by atoms with Crippen LogP contribution in [0.1, 0.15) is 5.69 Å². The SMILES string of the molecule is Br.Br.NCCc1csc(-c2ccccc2)n1. The molecular formula is C11H14Br2N2S. The molecule has 0 saturated carbocycles. The Labute approximate surface area is 120 Å². The lowest BCUT2D eigenvalue weighted by Gasteiger charge is -1.93. The highest BCUT2D eigenvalue weighted by Crippen LogP contribution is 2.23. The maximum atomic E-state index is 5.47. The molecule has 0 bridgehead atoms. The van der Waals surface area contributed by atoms with Crippen LogP contribution in [0.4, 0.5) is 0 Å². The van der Waals surface area contributed by atoms with Gasteiger partial charge in [0.15, 0.2) is 0 Å². The molecule has 2 N–H and O–H groups in total. The lowest BCUT2D eigenvalue weighted by Crippen LogP contribution is -2.02. The van der Waals surface area contributed by atoms with Gasteiger partial charge in [0, 0.05) is 17.4 Å². The molecule has 16 heavy (non-hydrogen) atoms. The molecule has 1 aromatic carbocycles. The van der Waals surface area contributed by atoms with E-state index in [2.05, 4.69) is 22.5 Å². The Morgan fingerprint density at radius 1 is 1.12 bits per heavy atom. The van der Waals surface area contributed by atoms with Gasteiger partial charge in [-0.05, 0) is 6.54 Å². The summed E-state index contributed by atoms with van der Waals surface area (Å²) in [4.78, 5) is 4.51. The summed E-state index contributed by atoms with van der Waals surface area (Å²) in [6.45, 7) is 0.665. The second-order valence-electron chi connectivity index (χ2n) is 3.05. The largest absolute Gasteiger partial charge is 0.330 e. The molecule has 0 radical (unpaired) electrons. The highest BCUT2D eigenvalue weighted by molar-refractivity contribution is 8.93. The Bertz CT molecular complexity index is 403. The molecule has 0 fully saturated rings. The first kappa shape index (κ1) is 15.8. The minimum atomic E-state index is 0. The van der Waals surface area contributed by atoms with Crippen LogP contribution in [0.2, 0.25) is 0 Å². The fourth-order valence-corrected chi connectivity index (χ4v) is 2.14. The van der Waals surface area contributed by atoms with E-state index >= 15 is 0 Å². The molecule has 5 heteroatoms. The minimum absolute atomic E-state index is 0. The molecular weight excluding hydrogens is 352 g/mol. The van der Waals surface area contributed by atoms with E-state index in [1.807, 2.05) is 18.2 Å². The summed E-state index contributed by atoms with van der Waals surface area (Å²) in [6.07, 6.45) is 0.864. The summed E-state index contributed by atoms with van der Waals surface area (Å²) in [5.41, 5.74) is 7.75. The van der Waals surface area contributed by atoms with Crippen LogP contribution < -0.4 is 5.73 Å². The van der Waals surface area contributed by atoms with Crippen molar-refractivity contribution in [1.29, 1.82) is 0 Å². The zero-order valence-electron chi connectivity index (χ0n) is 8.63. The van der Waals surface area contributed by atoms with Gasteiger partial charge in [-0.1, -0.05) is 30.3 Å². The zero-order valence-corrected chi connectivity index (χ0v) is 12.9. The molecule has 0 unspecified atom stereocenters. The van der Waals surface area contributed by atoms with Crippen LogP contribution in [-0.2, 0) is 6.42 Å². The minimum Gasteiger partial charge on any atom is -0.330 e. The first-order valence-electron chi connectivity index (χ1n) is 4.60. The highest BCUT2D eigenvalue weighted by atomic mass is 79.9. The van der Waals surface area contributed by atoms with Crippen molar-refractivity contribution in [3.63, 3.8) is 0 Å². The first-order valence-corrected chi connectivity index (χ1v) is 5.48. The van der Waals surface area contributed by atoms with Gasteiger partial charge >= 0.3 is 0 Å². The Morgan fingerprint density at radius 2 is 1.81 bits per heavy atom. The van der Waals surface area contributed by atoms with Crippen molar-refractivity contribution >= 4 is 45.3 Å². The molecule has 2 rings (SSSR count). The number of thiazole rings is 1. The van der Waals surface area contributed by atoms with Crippen LogP contribution in [0.3, 0.4) is 0 Å². The molecule has 0 spiro atoms. The van der Waals surface area contributed by atoms with Gasteiger partial charge in [0.25, 0.3) is 0 Å². The molecule has 2 nitrogen and oxygen atoms in total. The lowest BCUT2D eigenvalue weighted by atomic mass is 10.2. The van der Waals surface area contributed by atoms with Crippen molar-refractivity contribution in [3.05, 3.63) is 41.4 Å². The number of hydrogen-bond donors (Lipinski definition) is 1. The van der Waals surface area contributed by atoms with Gasteiger partial charge in [0.05, 0.1) is 5.69 Å². The summed E-state index contributed by atoms with van der Waals surface area (Å²) in [7, 11) is 0. The summed E-state index contributed by atoms with van der Waals surface area (Å²) < 4.78 is 0. The number of rotatable bonds is 3. The van der Waals surface area contributed by atoms with Gasteiger partial charge in [-0.15, -0.1) is 45.3 Å². The van der Waals surface area contributed by atoms with E-state index in [0.717, 1.165) is 17.1 Å². The third-order valence-corrected chi connectivity index (χ3v) is 2.91. The molecule has 0 amide bonds. The van der Waals surface area contributed by atoms with Gasteiger partial charge in [0.1, 0.15) is 5.01 Å². The maximum Gasteiger partial charge on any atom is 0.123 e. The molecule has 88 valence electrons. The van der Waals surface area contributed by atoms with Gasteiger partial charge in [0.2, 0.25) is 0 Å². The van der Waals surface area contributed by atoms with E-state index in [1.54, 1.807) is 11.3 Å². The van der Waals surface area contributed by atoms with Gasteiger partial charge in [-0.25, -0.2) is 4.98 Å². The molecule has 0 aliphatic carbocycles. The van der Waals surface area contributed by atoms with Crippen LogP contribution in [0, 0.1) is 0 Å². The predicted octanol–water partition coefficient (Wildman–Crippen LogP) is 3.47. The van der Waals surface area contributed by atoms with E-state index in [-0.39, 0.29) is 34.0 Å². The van der Waals surface area contributed by atoms with Crippen LogP contribution in [0.5, 0.6) is 0 Å². The van der Waals surface area contributed by atoms with Crippen molar-refractivity contribution in [2.75, 3.05) is 6.54 Å². The number of benzene rings is 1. The Kier molecular flexibility index (Phi) is 7.83. The molecule has 0 atom stereocenters. The summed E-state index contributed by atoms with van der Waals surface area (Å²) in [6, 6.07) is 10.2. The van der Waals surface area contributed by atoms with E-state index in [1.165, 1.54) is 5.56 Å². The Morgan fingerprint density at radius 3 is 2.44 bits per heavy atom. The summed E-state index contributed by atoms with van der Waals surface area (Å²) in [5, 5.41) is 3.16. The number of nitrogens with two attached hydrogens (primary N) is 1. The maximum absolute atomic E-state index is 5.47. The van der Waals surface area contributed by atoms with E-state index in [0.29, 0.717) is 6.54 Å². The average Bonchev–Trinajstić information content (AvgIpc) is 2.68. The summed E-state index contributed by atoms with van der Waals surface area (Å²) >= 11 is 1.68. The lowest BCUT2D eigenvalue weighted by molar-refractivity contribution is 0.936. The highest BCUT2D eigenvalue weighted by Gasteiger charge is 2.02. The Hall–Kier alpha value is -0.230. The third-order valence-electron chi connectivity index (χ3n) is 1.97. The molecule has 1 aromatic heterocycles. The van der Waals surface area contributed by atoms with E-state index < -0.39 is 0 Å². The van der Waals surface area contributed by atoms with Crippen molar-refractivity contribution < 1.29 is 0 Å². The number of nitrogens with zero attached hydrogens (tertiary/aromatic N) is 1. The van der Waals surface area contributed by atoms with Crippen molar-refractivity contribution in [2.45, 2.75) is 6.42 Å². The first-order chi connectivity index (χ1) is 6.90. The zero-order chi connectivity index (χ0) is 9.80. The molecule has 0 aliphatic rings. The van der Waals surface area contributed by atoms with Crippen molar-refractivity contribution in [1.82, 2.24) is 4.98 Å². The topological polar surface area (TPSA) is 38.9 Å². The normalized spacial score (nSPS) is 9.06. The quantitative estimate of drug-likeness (QED) is 0.904. The smallest absolute Gasteiger partial charge is 0.123 e. The molecule has 1 heterocycles. The second kappa shape index (κ2) is 7.95. The second-order valence-corrected chi connectivity index (χ2v) is 3.91. The third kappa shape index (κ3) is 3.97. The van der Waals surface area contributed by atoms with E-state index in [4.69, 9.17) is 5.73 Å². The fraction of sp³-hybridized carbons (Fsp3) is 0.182. The van der Waals surface area contributed by atoms with E-state index in [9.17, 15) is 0 Å².